The van der Waals surface area contributed by atoms with Gasteiger partial charge in [0.25, 0.3) is 0 Å². The Hall–Kier alpha value is -1.22. The molecule has 1 aromatic rings. The van der Waals surface area contributed by atoms with Gasteiger partial charge >= 0.3 is 0 Å². The highest BCUT2D eigenvalue weighted by Gasteiger charge is 2.20. The fraction of sp³-hybridized carbons (Fsp3) is 0.500. The van der Waals surface area contributed by atoms with Crippen molar-refractivity contribution in [1.29, 1.82) is 0 Å². The molecule has 3 nitrogen and oxygen atoms in total. The molecule has 1 fully saturated rings. The van der Waals surface area contributed by atoms with E-state index in [1.807, 2.05) is 0 Å². The van der Waals surface area contributed by atoms with Gasteiger partial charge in [0.15, 0.2) is 0 Å². The fourth-order valence-electron chi connectivity index (χ4n) is 2.31. The second-order valence-electron chi connectivity index (χ2n) is 4.20. The number of rotatable bonds is 2. The molecule has 2 aliphatic rings. The molecule has 1 saturated heterocycles. The minimum atomic E-state index is 0.346. The van der Waals surface area contributed by atoms with Crippen molar-refractivity contribution >= 4 is 5.69 Å². The van der Waals surface area contributed by atoms with Crippen LogP contribution >= 0.6 is 0 Å². The van der Waals surface area contributed by atoms with E-state index in [0.717, 1.165) is 38.2 Å². The molecule has 1 aromatic carbocycles. The lowest BCUT2D eigenvalue weighted by atomic mass is 10.1. The number of anilines is 1. The van der Waals surface area contributed by atoms with Crippen LogP contribution in [0.25, 0.3) is 0 Å². The second-order valence-corrected chi connectivity index (χ2v) is 4.20. The van der Waals surface area contributed by atoms with Gasteiger partial charge in [0.2, 0.25) is 0 Å². The summed E-state index contributed by atoms with van der Waals surface area (Å²) in [6.45, 7) is 3.09. The third-order valence-electron chi connectivity index (χ3n) is 3.12. The van der Waals surface area contributed by atoms with Crippen molar-refractivity contribution in [2.75, 3.05) is 25.0 Å². The van der Waals surface area contributed by atoms with E-state index >= 15 is 0 Å². The Bertz CT molecular complexity index is 359. The molecule has 0 saturated carbocycles. The third-order valence-corrected chi connectivity index (χ3v) is 3.12. The normalized spacial score (nSPS) is 23.6. The lowest BCUT2D eigenvalue weighted by Gasteiger charge is -2.15. The van der Waals surface area contributed by atoms with Crippen molar-refractivity contribution in [3.8, 4) is 5.75 Å². The van der Waals surface area contributed by atoms with Crippen LogP contribution in [0.15, 0.2) is 18.2 Å². The van der Waals surface area contributed by atoms with Crippen molar-refractivity contribution in [3.05, 3.63) is 23.8 Å². The van der Waals surface area contributed by atoms with Crippen molar-refractivity contribution in [2.24, 2.45) is 0 Å². The van der Waals surface area contributed by atoms with E-state index in [9.17, 15) is 0 Å². The third kappa shape index (κ3) is 1.67. The Kier molecular flexibility index (Phi) is 2.25. The molecular weight excluding hydrogens is 188 g/mol. The van der Waals surface area contributed by atoms with E-state index in [1.54, 1.807) is 0 Å². The molecule has 1 unspecified atom stereocenters. The maximum absolute atomic E-state index is 5.99. The summed E-state index contributed by atoms with van der Waals surface area (Å²) in [4.78, 5) is 0. The smallest absolute Gasteiger partial charge is 0.143 e. The van der Waals surface area contributed by atoms with Crippen LogP contribution in [0.4, 0.5) is 5.69 Å². The Balaban J connectivity index is 1.82. The lowest BCUT2D eigenvalue weighted by molar-refractivity contribution is 0.224. The fourth-order valence-corrected chi connectivity index (χ4v) is 2.31. The van der Waals surface area contributed by atoms with Crippen LogP contribution in [0, 0.1) is 0 Å². The van der Waals surface area contributed by atoms with Crippen LogP contribution in [0.5, 0.6) is 5.75 Å². The highest BCUT2D eigenvalue weighted by Crippen LogP contribution is 2.33. The summed E-state index contributed by atoms with van der Waals surface area (Å²) in [6, 6.07) is 6.33. The van der Waals surface area contributed by atoms with Crippen LogP contribution in [0.2, 0.25) is 0 Å². The number of nitrogens with one attached hydrogen (secondary N) is 2. The first-order valence-corrected chi connectivity index (χ1v) is 5.66. The standard InChI is InChI=1S/C12H16N2O/c1-2-9-4-7-14-12(9)11(3-1)15-10-5-6-13-8-10/h1-3,10,13-14H,4-8H2. The van der Waals surface area contributed by atoms with Crippen molar-refractivity contribution in [1.82, 2.24) is 5.32 Å². The van der Waals surface area contributed by atoms with Gasteiger partial charge in [0.1, 0.15) is 11.9 Å². The summed E-state index contributed by atoms with van der Waals surface area (Å²) in [6.07, 6.45) is 2.58. The summed E-state index contributed by atoms with van der Waals surface area (Å²) in [7, 11) is 0. The molecule has 0 spiro atoms. The van der Waals surface area contributed by atoms with Gasteiger partial charge in [-0.05, 0) is 31.0 Å². The van der Waals surface area contributed by atoms with Crippen LogP contribution in [0.3, 0.4) is 0 Å². The summed E-state index contributed by atoms with van der Waals surface area (Å²) >= 11 is 0. The lowest BCUT2D eigenvalue weighted by Crippen LogP contribution is -2.19. The largest absolute Gasteiger partial charge is 0.487 e. The number of hydrogen-bond acceptors (Lipinski definition) is 3. The van der Waals surface area contributed by atoms with Gasteiger partial charge in [-0.1, -0.05) is 12.1 Å². The summed E-state index contributed by atoms with van der Waals surface area (Å²) in [5.41, 5.74) is 2.60. The summed E-state index contributed by atoms with van der Waals surface area (Å²) in [5.74, 6) is 1.03. The van der Waals surface area contributed by atoms with Gasteiger partial charge in [0, 0.05) is 13.1 Å². The molecule has 0 bridgehead atoms. The Labute approximate surface area is 89.8 Å². The van der Waals surface area contributed by atoms with Gasteiger partial charge in [-0.2, -0.15) is 0 Å². The zero-order valence-corrected chi connectivity index (χ0v) is 8.75. The first-order valence-electron chi connectivity index (χ1n) is 5.66. The minimum Gasteiger partial charge on any atom is -0.487 e. The number of benzene rings is 1. The first kappa shape index (κ1) is 9.04. The van der Waals surface area contributed by atoms with Gasteiger partial charge in [-0.15, -0.1) is 0 Å². The topological polar surface area (TPSA) is 33.3 Å². The second kappa shape index (κ2) is 3.74. The van der Waals surface area contributed by atoms with Crippen molar-refractivity contribution in [3.63, 3.8) is 0 Å². The molecule has 0 radical (unpaired) electrons. The molecule has 3 rings (SSSR count). The maximum Gasteiger partial charge on any atom is 0.143 e. The summed E-state index contributed by atoms with van der Waals surface area (Å²) < 4.78 is 5.99. The van der Waals surface area contributed by atoms with E-state index in [0.29, 0.717) is 6.10 Å². The molecule has 0 aliphatic carbocycles. The number of hydrogen-bond donors (Lipinski definition) is 2. The van der Waals surface area contributed by atoms with Crippen LogP contribution in [-0.2, 0) is 6.42 Å². The monoisotopic (exact) mass is 204 g/mol. The molecule has 15 heavy (non-hydrogen) atoms. The van der Waals surface area contributed by atoms with Crippen LogP contribution in [-0.4, -0.2) is 25.7 Å². The van der Waals surface area contributed by atoms with E-state index in [1.165, 1.54) is 11.3 Å². The highest BCUT2D eigenvalue weighted by molar-refractivity contribution is 5.65. The van der Waals surface area contributed by atoms with Gasteiger partial charge < -0.3 is 15.4 Å². The Morgan fingerprint density at radius 1 is 1.27 bits per heavy atom. The molecular formula is C12H16N2O. The number of ether oxygens (including phenoxy) is 1. The SMILES string of the molecule is c1cc2c(c(OC3CCNC3)c1)NCC2. The molecule has 0 amide bonds. The van der Waals surface area contributed by atoms with Gasteiger partial charge in [0.05, 0.1) is 5.69 Å². The predicted octanol–water partition coefficient (Wildman–Crippen LogP) is 1.40. The van der Waals surface area contributed by atoms with Gasteiger partial charge in [-0.25, -0.2) is 0 Å². The molecule has 80 valence electrons. The molecule has 2 N–H and O–H groups in total. The predicted molar refractivity (Wildman–Crippen MR) is 60.5 cm³/mol. The zero-order chi connectivity index (χ0) is 10.1. The number of fused-ring (bicyclic) bond motifs is 1. The molecule has 2 heterocycles. The van der Waals surface area contributed by atoms with E-state index in [-0.39, 0.29) is 0 Å². The quantitative estimate of drug-likeness (QED) is 0.764. The van der Waals surface area contributed by atoms with E-state index in [2.05, 4.69) is 28.8 Å². The summed E-state index contributed by atoms with van der Waals surface area (Å²) in [5, 5.41) is 6.71. The van der Waals surface area contributed by atoms with E-state index < -0.39 is 0 Å². The average molecular weight is 204 g/mol. The minimum absolute atomic E-state index is 0.346. The van der Waals surface area contributed by atoms with E-state index in [4.69, 9.17) is 4.74 Å². The molecule has 2 aliphatic heterocycles. The van der Waals surface area contributed by atoms with Crippen molar-refractivity contribution < 1.29 is 4.74 Å². The van der Waals surface area contributed by atoms with Crippen LogP contribution in [0.1, 0.15) is 12.0 Å². The molecule has 1 atom stereocenters. The van der Waals surface area contributed by atoms with Gasteiger partial charge in [-0.3, -0.25) is 0 Å². The number of para-hydroxylation sites is 1. The Morgan fingerprint density at radius 3 is 3.13 bits per heavy atom. The average Bonchev–Trinajstić information content (AvgIpc) is 2.87. The zero-order valence-electron chi connectivity index (χ0n) is 8.75. The highest BCUT2D eigenvalue weighted by atomic mass is 16.5. The maximum atomic E-state index is 5.99. The molecule has 0 aromatic heterocycles. The van der Waals surface area contributed by atoms with Crippen LogP contribution < -0.4 is 15.4 Å². The Morgan fingerprint density at radius 2 is 2.27 bits per heavy atom. The molecule has 3 heteroatoms. The first-order chi connectivity index (χ1) is 7.43. The van der Waals surface area contributed by atoms with Crippen molar-refractivity contribution in [2.45, 2.75) is 18.9 Å².